The van der Waals surface area contributed by atoms with E-state index in [-0.39, 0.29) is 17.3 Å². The molecule has 130 valence electrons. The number of likely N-dealkylation sites (tertiary alicyclic amines) is 1. The average Bonchev–Trinajstić information content (AvgIpc) is 2.96. The van der Waals surface area contributed by atoms with Crippen LogP contribution in [0.4, 0.5) is 4.79 Å². The number of fused-ring (bicyclic) bond motifs is 1. The van der Waals surface area contributed by atoms with E-state index < -0.39 is 5.60 Å². The van der Waals surface area contributed by atoms with E-state index >= 15 is 0 Å². The van der Waals surface area contributed by atoms with Gasteiger partial charge < -0.3 is 26.4 Å². The highest BCUT2D eigenvalue weighted by molar-refractivity contribution is 6.29. The number of carbonyl (C=O) groups excluding carboxylic acids is 1. The number of hydrogen-bond donors (Lipinski definition) is 3. The summed E-state index contributed by atoms with van der Waals surface area (Å²) in [5.74, 6) is 1.43. The van der Waals surface area contributed by atoms with Crippen LogP contribution in [0.5, 0.6) is 0 Å². The smallest absolute Gasteiger partial charge is 0.410 e. The van der Waals surface area contributed by atoms with Crippen molar-refractivity contribution in [3.8, 4) is 0 Å². The predicted octanol–water partition coefficient (Wildman–Crippen LogP) is 2.06. The molecule has 2 fully saturated rings. The van der Waals surface area contributed by atoms with Gasteiger partial charge in [0.2, 0.25) is 0 Å². The lowest BCUT2D eigenvalue weighted by molar-refractivity contribution is 0.0278. The van der Waals surface area contributed by atoms with Crippen molar-refractivity contribution < 1.29 is 9.53 Å². The van der Waals surface area contributed by atoms with Crippen LogP contribution in [0.3, 0.4) is 0 Å². The summed E-state index contributed by atoms with van der Waals surface area (Å²) < 4.78 is 5.46. The summed E-state index contributed by atoms with van der Waals surface area (Å²) in [5, 5.41) is 3.51. The van der Waals surface area contributed by atoms with Gasteiger partial charge in [-0.05, 0) is 51.7 Å². The summed E-state index contributed by atoms with van der Waals surface area (Å²) in [6, 6.07) is 0.258. The van der Waals surface area contributed by atoms with Gasteiger partial charge in [0.1, 0.15) is 5.60 Å². The lowest BCUT2D eigenvalue weighted by Gasteiger charge is -2.26. The molecule has 1 heterocycles. The molecular formula is C16H27ClN4O2. The number of carbonyl (C=O) groups is 1. The predicted molar refractivity (Wildman–Crippen MR) is 91.3 cm³/mol. The lowest BCUT2D eigenvalue weighted by atomic mass is 9.98. The third-order valence-corrected chi connectivity index (χ3v) is 4.41. The maximum absolute atomic E-state index is 12.2. The Kier molecular flexibility index (Phi) is 5.34. The van der Waals surface area contributed by atoms with Gasteiger partial charge in [0.15, 0.2) is 0 Å². The Hall–Kier alpha value is -1.56. The number of halogens is 1. The molecule has 0 aromatic rings. The summed E-state index contributed by atoms with van der Waals surface area (Å²) in [4.78, 5) is 14.0. The standard InChI is InChI=1S/C16H27ClN4O2/c1-16(2,3)23-15(22)21-8-10-4-5-12(11(10)9-21)20-14(19)7-6-13(17)18/h6-7,10-12,20H,4-5,8-9,18-19H2,1-3H3/b13-6-,14-7+. The zero-order valence-corrected chi connectivity index (χ0v) is 14.8. The van der Waals surface area contributed by atoms with E-state index in [0.717, 1.165) is 19.4 Å². The van der Waals surface area contributed by atoms with Gasteiger partial charge in [0.05, 0.1) is 11.0 Å². The molecule has 5 N–H and O–H groups in total. The molecule has 2 rings (SSSR count). The fraction of sp³-hybridized carbons (Fsp3) is 0.688. The molecule has 1 amide bonds. The minimum atomic E-state index is -0.465. The number of ether oxygens (including phenoxy) is 1. The maximum atomic E-state index is 12.2. The van der Waals surface area contributed by atoms with E-state index in [1.165, 1.54) is 0 Å². The largest absolute Gasteiger partial charge is 0.444 e. The molecule has 7 heteroatoms. The molecule has 1 saturated carbocycles. The molecule has 0 aromatic carbocycles. The molecule has 2 aliphatic rings. The highest BCUT2D eigenvalue weighted by Crippen LogP contribution is 2.38. The first-order chi connectivity index (χ1) is 10.7. The second-order valence-electron chi connectivity index (χ2n) is 7.31. The van der Waals surface area contributed by atoms with E-state index in [9.17, 15) is 4.79 Å². The normalized spacial score (nSPS) is 28.7. The highest BCUT2D eigenvalue weighted by Gasteiger charge is 2.44. The monoisotopic (exact) mass is 342 g/mol. The number of rotatable bonds is 3. The van der Waals surface area contributed by atoms with Crippen molar-refractivity contribution in [2.24, 2.45) is 23.3 Å². The summed E-state index contributed by atoms with van der Waals surface area (Å²) in [6.07, 6.45) is 5.12. The minimum Gasteiger partial charge on any atom is -0.444 e. The first-order valence-electron chi connectivity index (χ1n) is 7.98. The third-order valence-electron chi connectivity index (χ3n) is 4.28. The Morgan fingerprint density at radius 3 is 2.57 bits per heavy atom. The van der Waals surface area contributed by atoms with Gasteiger partial charge >= 0.3 is 6.09 Å². The Labute approximate surface area is 142 Å². The van der Waals surface area contributed by atoms with Crippen molar-refractivity contribution in [3.63, 3.8) is 0 Å². The van der Waals surface area contributed by atoms with E-state index in [1.54, 1.807) is 12.2 Å². The molecule has 1 aliphatic heterocycles. The Morgan fingerprint density at radius 1 is 1.26 bits per heavy atom. The molecule has 1 aliphatic carbocycles. The fourth-order valence-electron chi connectivity index (χ4n) is 3.35. The van der Waals surface area contributed by atoms with Gasteiger partial charge in [-0.25, -0.2) is 4.79 Å². The molecule has 0 radical (unpaired) electrons. The van der Waals surface area contributed by atoms with Crippen LogP contribution in [-0.4, -0.2) is 35.7 Å². The van der Waals surface area contributed by atoms with E-state index in [4.69, 9.17) is 27.8 Å². The van der Waals surface area contributed by atoms with Crippen molar-refractivity contribution in [3.05, 3.63) is 23.1 Å². The molecule has 3 atom stereocenters. The number of allylic oxidation sites excluding steroid dienone is 2. The SMILES string of the molecule is CC(C)(C)OC(=O)N1CC2CCC(N/C(N)=C/C=C(\N)Cl)C2C1. The van der Waals surface area contributed by atoms with Crippen molar-refractivity contribution in [1.82, 2.24) is 10.2 Å². The van der Waals surface area contributed by atoms with E-state index in [1.807, 2.05) is 25.7 Å². The van der Waals surface area contributed by atoms with Crippen LogP contribution < -0.4 is 16.8 Å². The van der Waals surface area contributed by atoms with Crippen LogP contribution in [-0.2, 0) is 4.74 Å². The molecule has 1 saturated heterocycles. The van der Waals surface area contributed by atoms with Crippen molar-refractivity contribution in [2.45, 2.75) is 45.3 Å². The second-order valence-corrected chi connectivity index (χ2v) is 7.75. The first-order valence-corrected chi connectivity index (χ1v) is 8.36. The van der Waals surface area contributed by atoms with Gasteiger partial charge in [0, 0.05) is 25.0 Å². The van der Waals surface area contributed by atoms with Crippen molar-refractivity contribution >= 4 is 17.7 Å². The van der Waals surface area contributed by atoms with Crippen LogP contribution in [0.25, 0.3) is 0 Å². The van der Waals surface area contributed by atoms with Crippen molar-refractivity contribution in [1.29, 1.82) is 0 Å². The van der Waals surface area contributed by atoms with Crippen LogP contribution in [0.15, 0.2) is 23.1 Å². The van der Waals surface area contributed by atoms with Gasteiger partial charge in [-0.3, -0.25) is 0 Å². The summed E-state index contributed by atoms with van der Waals surface area (Å²) in [7, 11) is 0. The third kappa shape index (κ3) is 4.96. The van der Waals surface area contributed by atoms with Crippen molar-refractivity contribution in [2.75, 3.05) is 13.1 Å². The maximum Gasteiger partial charge on any atom is 0.410 e. The first kappa shape index (κ1) is 17.8. The van der Waals surface area contributed by atoms with Gasteiger partial charge in [-0.15, -0.1) is 0 Å². The van der Waals surface area contributed by atoms with Crippen LogP contribution in [0, 0.1) is 11.8 Å². The number of amides is 1. The zero-order valence-electron chi connectivity index (χ0n) is 14.0. The van der Waals surface area contributed by atoms with E-state index in [2.05, 4.69) is 5.32 Å². The Morgan fingerprint density at radius 2 is 1.96 bits per heavy atom. The summed E-state index contributed by atoms with van der Waals surface area (Å²) >= 11 is 5.59. The minimum absolute atomic E-state index is 0.191. The van der Waals surface area contributed by atoms with Crippen LogP contribution in [0.1, 0.15) is 33.6 Å². The zero-order chi connectivity index (χ0) is 17.2. The topological polar surface area (TPSA) is 93.6 Å². The quantitative estimate of drug-likeness (QED) is 0.539. The van der Waals surface area contributed by atoms with Crippen LogP contribution >= 0.6 is 11.6 Å². The number of hydrogen-bond acceptors (Lipinski definition) is 5. The number of nitrogens with zero attached hydrogens (tertiary/aromatic N) is 1. The Balaban J connectivity index is 1.93. The fourth-order valence-corrected chi connectivity index (χ4v) is 3.41. The second kappa shape index (κ2) is 6.91. The summed E-state index contributed by atoms with van der Waals surface area (Å²) in [6.45, 7) is 7.11. The molecule has 23 heavy (non-hydrogen) atoms. The highest BCUT2D eigenvalue weighted by atomic mass is 35.5. The number of nitrogens with one attached hydrogen (secondary N) is 1. The van der Waals surface area contributed by atoms with Gasteiger partial charge in [-0.1, -0.05) is 11.6 Å². The lowest BCUT2D eigenvalue weighted by Crippen LogP contribution is -2.39. The Bertz CT molecular complexity index is 509. The van der Waals surface area contributed by atoms with Crippen LogP contribution in [0.2, 0.25) is 0 Å². The molecular weight excluding hydrogens is 316 g/mol. The molecule has 6 nitrogen and oxygen atoms in total. The molecule has 0 spiro atoms. The molecule has 0 bridgehead atoms. The number of nitrogens with two attached hydrogens (primary N) is 2. The average molecular weight is 343 g/mol. The summed E-state index contributed by atoms with van der Waals surface area (Å²) in [5.41, 5.74) is 10.9. The van der Waals surface area contributed by atoms with E-state index in [0.29, 0.717) is 24.2 Å². The van der Waals surface area contributed by atoms with Gasteiger partial charge in [-0.2, -0.15) is 0 Å². The van der Waals surface area contributed by atoms with Gasteiger partial charge in [0.25, 0.3) is 0 Å². The molecule has 3 unspecified atom stereocenters. The molecule has 0 aromatic heterocycles.